The molecule has 0 N–H and O–H groups in total. The van der Waals surface area contributed by atoms with Crippen molar-refractivity contribution in [1.82, 2.24) is 0 Å². The average Bonchev–Trinajstić information content (AvgIpc) is 2.68. The van der Waals surface area contributed by atoms with Gasteiger partial charge in [0.2, 0.25) is 0 Å². The average molecular weight is 326 g/mol. The first-order valence-corrected chi connectivity index (χ1v) is 7.93. The Bertz CT molecular complexity index is 1110. The zero-order valence-corrected chi connectivity index (χ0v) is 13.3. The lowest BCUT2D eigenvalue weighted by molar-refractivity contribution is 0.112. The molecule has 120 valence electrons. The van der Waals surface area contributed by atoms with E-state index in [1.807, 2.05) is 60.7 Å². The molecule has 4 rings (SSSR count). The van der Waals surface area contributed by atoms with Crippen LogP contribution in [0.2, 0.25) is 0 Å². The van der Waals surface area contributed by atoms with Crippen molar-refractivity contribution < 1.29 is 9.21 Å². The van der Waals surface area contributed by atoms with Gasteiger partial charge in [-0.25, -0.2) is 0 Å². The van der Waals surface area contributed by atoms with E-state index in [-0.39, 0.29) is 5.43 Å². The van der Waals surface area contributed by atoms with E-state index in [1.54, 1.807) is 12.1 Å². The second-order valence-electron chi connectivity index (χ2n) is 5.79. The number of benzene rings is 3. The minimum Gasteiger partial charge on any atom is -0.456 e. The standard InChI is InChI=1S/C22H14O3/c23-14-15-6-8-16(9-7-15)18-10-11-21-19(12-18)20(24)13-22(25-21)17-4-2-1-3-5-17/h1-14H. The van der Waals surface area contributed by atoms with Gasteiger partial charge in [0.05, 0.1) is 5.39 Å². The third-order valence-electron chi connectivity index (χ3n) is 4.17. The molecule has 0 radical (unpaired) electrons. The van der Waals surface area contributed by atoms with Crippen molar-refractivity contribution in [2.45, 2.75) is 0 Å². The van der Waals surface area contributed by atoms with Gasteiger partial charge >= 0.3 is 0 Å². The summed E-state index contributed by atoms with van der Waals surface area (Å²) >= 11 is 0. The number of fused-ring (bicyclic) bond motifs is 1. The molecule has 0 unspecified atom stereocenters. The number of hydrogen-bond donors (Lipinski definition) is 0. The van der Waals surface area contributed by atoms with Gasteiger partial charge in [-0.15, -0.1) is 0 Å². The van der Waals surface area contributed by atoms with E-state index in [1.165, 1.54) is 6.07 Å². The Kier molecular flexibility index (Phi) is 3.75. The zero-order chi connectivity index (χ0) is 17.2. The van der Waals surface area contributed by atoms with E-state index < -0.39 is 0 Å². The van der Waals surface area contributed by atoms with Gasteiger partial charge in [-0.05, 0) is 23.3 Å². The first-order chi connectivity index (χ1) is 12.2. The van der Waals surface area contributed by atoms with Crippen LogP contribution in [0.15, 0.2) is 88.1 Å². The Hall–Kier alpha value is -3.46. The summed E-state index contributed by atoms with van der Waals surface area (Å²) in [4.78, 5) is 23.3. The van der Waals surface area contributed by atoms with Gasteiger partial charge in [0.1, 0.15) is 17.6 Å². The lowest BCUT2D eigenvalue weighted by atomic mass is 10.0. The molecule has 0 amide bonds. The number of hydrogen-bond acceptors (Lipinski definition) is 3. The van der Waals surface area contributed by atoms with Crippen molar-refractivity contribution in [2.75, 3.05) is 0 Å². The highest BCUT2D eigenvalue weighted by atomic mass is 16.3. The summed E-state index contributed by atoms with van der Waals surface area (Å²) in [7, 11) is 0. The number of rotatable bonds is 3. The Balaban J connectivity index is 1.82. The Labute approximate surface area is 144 Å². The maximum absolute atomic E-state index is 12.6. The van der Waals surface area contributed by atoms with Crippen molar-refractivity contribution in [3.8, 4) is 22.5 Å². The van der Waals surface area contributed by atoms with Crippen molar-refractivity contribution >= 4 is 17.3 Å². The summed E-state index contributed by atoms with van der Waals surface area (Å²) in [5.74, 6) is 0.557. The summed E-state index contributed by atoms with van der Waals surface area (Å²) in [6, 6.07) is 23.9. The minimum atomic E-state index is -0.0773. The van der Waals surface area contributed by atoms with Crippen LogP contribution in [0.5, 0.6) is 0 Å². The highest BCUT2D eigenvalue weighted by molar-refractivity contribution is 5.85. The van der Waals surface area contributed by atoms with Crippen LogP contribution in [0.4, 0.5) is 0 Å². The van der Waals surface area contributed by atoms with Crippen LogP contribution in [-0.4, -0.2) is 6.29 Å². The molecule has 0 saturated carbocycles. The van der Waals surface area contributed by atoms with Gasteiger partial charge in [-0.2, -0.15) is 0 Å². The van der Waals surface area contributed by atoms with E-state index in [0.29, 0.717) is 22.3 Å². The molecule has 1 aromatic heterocycles. The van der Waals surface area contributed by atoms with Crippen molar-refractivity contribution in [3.63, 3.8) is 0 Å². The molecule has 3 nitrogen and oxygen atoms in total. The second-order valence-corrected chi connectivity index (χ2v) is 5.79. The van der Waals surface area contributed by atoms with E-state index >= 15 is 0 Å². The van der Waals surface area contributed by atoms with Crippen molar-refractivity contribution in [2.24, 2.45) is 0 Å². The molecule has 25 heavy (non-hydrogen) atoms. The number of carbonyl (C=O) groups excluding carboxylic acids is 1. The zero-order valence-electron chi connectivity index (χ0n) is 13.3. The Morgan fingerprint density at radius 1 is 0.720 bits per heavy atom. The van der Waals surface area contributed by atoms with Crippen LogP contribution < -0.4 is 5.43 Å². The van der Waals surface area contributed by atoms with Gasteiger partial charge in [0, 0.05) is 17.2 Å². The third kappa shape index (κ3) is 2.88. The van der Waals surface area contributed by atoms with E-state index in [9.17, 15) is 9.59 Å². The molecule has 0 aliphatic rings. The molecule has 0 bridgehead atoms. The third-order valence-corrected chi connectivity index (χ3v) is 4.17. The highest BCUT2D eigenvalue weighted by Gasteiger charge is 2.08. The maximum Gasteiger partial charge on any atom is 0.193 e. The molecular formula is C22H14O3. The van der Waals surface area contributed by atoms with Crippen LogP contribution in [0, 0.1) is 0 Å². The summed E-state index contributed by atoms with van der Waals surface area (Å²) in [6.45, 7) is 0. The van der Waals surface area contributed by atoms with Gasteiger partial charge in [-0.3, -0.25) is 9.59 Å². The monoisotopic (exact) mass is 326 g/mol. The van der Waals surface area contributed by atoms with Gasteiger partial charge in [0.15, 0.2) is 5.43 Å². The van der Waals surface area contributed by atoms with Crippen molar-refractivity contribution in [1.29, 1.82) is 0 Å². The molecule has 0 spiro atoms. The van der Waals surface area contributed by atoms with Crippen LogP contribution >= 0.6 is 0 Å². The van der Waals surface area contributed by atoms with Crippen molar-refractivity contribution in [3.05, 3.63) is 94.6 Å². The largest absolute Gasteiger partial charge is 0.456 e. The fraction of sp³-hybridized carbons (Fsp3) is 0. The van der Waals surface area contributed by atoms with Gasteiger partial charge < -0.3 is 4.42 Å². The molecule has 0 atom stereocenters. The molecule has 0 aliphatic heterocycles. The SMILES string of the molecule is O=Cc1ccc(-c2ccc3oc(-c4ccccc4)cc(=O)c3c2)cc1. The number of aldehydes is 1. The van der Waals surface area contributed by atoms with Gasteiger partial charge in [-0.1, -0.05) is 60.7 Å². The van der Waals surface area contributed by atoms with Crippen LogP contribution in [0.3, 0.4) is 0 Å². The number of carbonyl (C=O) groups is 1. The molecule has 3 aromatic carbocycles. The van der Waals surface area contributed by atoms with E-state index in [4.69, 9.17) is 4.42 Å². The van der Waals surface area contributed by atoms with E-state index in [2.05, 4.69) is 0 Å². The first-order valence-electron chi connectivity index (χ1n) is 7.93. The summed E-state index contributed by atoms with van der Waals surface area (Å²) in [5.41, 5.74) is 3.82. The maximum atomic E-state index is 12.6. The molecule has 1 heterocycles. The summed E-state index contributed by atoms with van der Waals surface area (Å²) in [5, 5.41) is 0.539. The predicted molar refractivity (Wildman–Crippen MR) is 98.7 cm³/mol. The molecule has 0 saturated heterocycles. The lowest BCUT2D eigenvalue weighted by Crippen LogP contribution is -2.00. The molecular weight excluding hydrogens is 312 g/mol. The normalized spacial score (nSPS) is 10.7. The minimum absolute atomic E-state index is 0.0773. The van der Waals surface area contributed by atoms with Gasteiger partial charge in [0.25, 0.3) is 0 Å². The molecule has 3 heteroatoms. The fourth-order valence-electron chi connectivity index (χ4n) is 2.83. The molecule has 4 aromatic rings. The van der Waals surface area contributed by atoms with Crippen LogP contribution in [-0.2, 0) is 0 Å². The quantitative estimate of drug-likeness (QED) is 0.501. The second kappa shape index (κ2) is 6.21. The lowest BCUT2D eigenvalue weighted by Gasteiger charge is -2.06. The topological polar surface area (TPSA) is 47.3 Å². The first kappa shape index (κ1) is 15.1. The van der Waals surface area contributed by atoms with Crippen LogP contribution in [0.25, 0.3) is 33.4 Å². The molecule has 0 fully saturated rings. The van der Waals surface area contributed by atoms with Crippen LogP contribution in [0.1, 0.15) is 10.4 Å². The predicted octanol–water partition coefficient (Wildman–Crippen LogP) is 4.94. The highest BCUT2D eigenvalue weighted by Crippen LogP contribution is 2.26. The smallest absolute Gasteiger partial charge is 0.193 e. The Morgan fingerprint density at radius 3 is 2.16 bits per heavy atom. The fourth-order valence-corrected chi connectivity index (χ4v) is 2.83. The van der Waals surface area contributed by atoms with E-state index in [0.717, 1.165) is 23.0 Å². The Morgan fingerprint density at radius 2 is 1.44 bits per heavy atom. The summed E-state index contributed by atoms with van der Waals surface area (Å²) in [6.07, 6.45) is 0.809. The summed E-state index contributed by atoms with van der Waals surface area (Å²) < 4.78 is 5.91. The molecule has 0 aliphatic carbocycles.